The molecule has 2 saturated heterocycles. The van der Waals surface area contributed by atoms with Gasteiger partial charge in [-0.2, -0.15) is 0 Å². The SMILES string of the molecule is CCCOc1ccc(N2C(=O)C[C@@H](NCCN3CCN(C)CC3)C2=O)cc1. The van der Waals surface area contributed by atoms with E-state index < -0.39 is 6.04 Å². The Hall–Kier alpha value is -1.96. The van der Waals surface area contributed by atoms with Crippen molar-refractivity contribution < 1.29 is 14.3 Å². The fourth-order valence-corrected chi connectivity index (χ4v) is 3.44. The number of carbonyl (C=O) groups excluding carboxylic acids is 2. The first-order chi connectivity index (χ1) is 13.1. The zero-order chi connectivity index (χ0) is 19.2. The van der Waals surface area contributed by atoms with Crippen molar-refractivity contribution in [3.8, 4) is 5.75 Å². The molecule has 0 aromatic heterocycles. The van der Waals surface area contributed by atoms with Crippen molar-refractivity contribution >= 4 is 17.5 Å². The highest BCUT2D eigenvalue weighted by Gasteiger charge is 2.39. The third-order valence-corrected chi connectivity index (χ3v) is 5.13. The smallest absolute Gasteiger partial charge is 0.251 e. The summed E-state index contributed by atoms with van der Waals surface area (Å²) in [5, 5.41) is 3.27. The summed E-state index contributed by atoms with van der Waals surface area (Å²) in [6, 6.07) is 6.72. The third kappa shape index (κ3) is 5.06. The normalized spacial score (nSPS) is 21.9. The maximum atomic E-state index is 12.7. The van der Waals surface area contributed by atoms with Gasteiger partial charge in [0.2, 0.25) is 5.91 Å². The lowest BCUT2D eigenvalue weighted by Crippen LogP contribution is -2.48. The van der Waals surface area contributed by atoms with E-state index in [1.807, 2.05) is 6.92 Å². The molecule has 7 heteroatoms. The number of nitrogens with zero attached hydrogens (tertiary/aromatic N) is 3. The minimum absolute atomic E-state index is 0.153. The van der Waals surface area contributed by atoms with E-state index in [0.717, 1.165) is 44.9 Å². The van der Waals surface area contributed by atoms with E-state index in [2.05, 4.69) is 22.2 Å². The molecule has 3 rings (SSSR count). The van der Waals surface area contributed by atoms with E-state index in [9.17, 15) is 9.59 Å². The second kappa shape index (κ2) is 9.30. The van der Waals surface area contributed by atoms with Gasteiger partial charge in [0.05, 0.1) is 24.8 Å². The monoisotopic (exact) mass is 374 g/mol. The summed E-state index contributed by atoms with van der Waals surface area (Å²) in [6.45, 7) is 8.56. The molecule has 148 valence electrons. The highest BCUT2D eigenvalue weighted by molar-refractivity contribution is 6.22. The number of nitrogens with one attached hydrogen (secondary N) is 1. The maximum Gasteiger partial charge on any atom is 0.251 e. The van der Waals surface area contributed by atoms with Crippen LogP contribution in [0.25, 0.3) is 0 Å². The van der Waals surface area contributed by atoms with Crippen LogP contribution in [-0.2, 0) is 9.59 Å². The summed E-state index contributed by atoms with van der Waals surface area (Å²) >= 11 is 0. The Morgan fingerprint density at radius 1 is 1.11 bits per heavy atom. The number of rotatable bonds is 8. The van der Waals surface area contributed by atoms with Gasteiger partial charge in [-0.1, -0.05) is 6.92 Å². The van der Waals surface area contributed by atoms with Gasteiger partial charge in [0.1, 0.15) is 5.75 Å². The fraction of sp³-hybridized carbons (Fsp3) is 0.600. The summed E-state index contributed by atoms with van der Waals surface area (Å²) in [6.07, 6.45) is 1.15. The number of hydrogen-bond acceptors (Lipinski definition) is 6. The van der Waals surface area contributed by atoms with E-state index >= 15 is 0 Å². The Balaban J connectivity index is 1.50. The number of imide groups is 1. The molecule has 2 heterocycles. The Morgan fingerprint density at radius 3 is 2.48 bits per heavy atom. The predicted octanol–water partition coefficient (Wildman–Crippen LogP) is 0.944. The average molecular weight is 374 g/mol. The van der Waals surface area contributed by atoms with Crippen LogP contribution in [0.4, 0.5) is 5.69 Å². The molecule has 1 atom stereocenters. The quantitative estimate of drug-likeness (QED) is 0.684. The molecule has 1 aromatic rings. The number of hydrogen-bond donors (Lipinski definition) is 1. The van der Waals surface area contributed by atoms with Crippen LogP contribution in [0.15, 0.2) is 24.3 Å². The Bertz CT molecular complexity index is 641. The van der Waals surface area contributed by atoms with Crippen molar-refractivity contribution in [2.75, 3.05) is 57.8 Å². The minimum atomic E-state index is -0.430. The summed E-state index contributed by atoms with van der Waals surface area (Å²) in [5.41, 5.74) is 0.609. The number of likely N-dealkylation sites (N-methyl/N-ethyl adjacent to an activating group) is 1. The van der Waals surface area contributed by atoms with Crippen molar-refractivity contribution in [3.05, 3.63) is 24.3 Å². The molecule has 2 amide bonds. The Morgan fingerprint density at radius 2 is 1.81 bits per heavy atom. The molecule has 1 N–H and O–H groups in total. The molecule has 2 aliphatic rings. The van der Waals surface area contributed by atoms with Gasteiger partial charge in [0.15, 0.2) is 0 Å². The summed E-state index contributed by atoms with van der Waals surface area (Å²) in [7, 11) is 2.13. The lowest BCUT2D eigenvalue weighted by Gasteiger charge is -2.32. The molecule has 0 unspecified atom stereocenters. The van der Waals surface area contributed by atoms with Crippen LogP contribution >= 0.6 is 0 Å². The summed E-state index contributed by atoms with van der Waals surface area (Å²) < 4.78 is 5.56. The predicted molar refractivity (Wildman–Crippen MR) is 105 cm³/mol. The van der Waals surface area contributed by atoms with Gasteiger partial charge in [-0.25, -0.2) is 4.90 Å². The van der Waals surface area contributed by atoms with Gasteiger partial charge in [-0.05, 0) is 37.7 Å². The molecular formula is C20H30N4O3. The van der Waals surface area contributed by atoms with Gasteiger partial charge in [-0.3, -0.25) is 14.5 Å². The zero-order valence-electron chi connectivity index (χ0n) is 16.3. The van der Waals surface area contributed by atoms with Crippen LogP contribution < -0.4 is 15.0 Å². The van der Waals surface area contributed by atoms with E-state index in [-0.39, 0.29) is 18.2 Å². The Labute approximate surface area is 161 Å². The summed E-state index contributed by atoms with van der Waals surface area (Å²) in [5.74, 6) is 0.432. The number of ether oxygens (including phenoxy) is 1. The molecule has 0 spiro atoms. The van der Waals surface area contributed by atoms with Gasteiger partial charge in [-0.15, -0.1) is 0 Å². The lowest BCUT2D eigenvalue weighted by molar-refractivity contribution is -0.121. The molecule has 2 fully saturated rings. The second-order valence-electron chi connectivity index (χ2n) is 7.27. The van der Waals surface area contributed by atoms with Crippen molar-refractivity contribution in [3.63, 3.8) is 0 Å². The Kier molecular flexibility index (Phi) is 6.82. The van der Waals surface area contributed by atoms with Crippen LogP contribution in [0.2, 0.25) is 0 Å². The molecular weight excluding hydrogens is 344 g/mol. The highest BCUT2D eigenvalue weighted by Crippen LogP contribution is 2.25. The van der Waals surface area contributed by atoms with Crippen molar-refractivity contribution in [1.82, 2.24) is 15.1 Å². The zero-order valence-corrected chi connectivity index (χ0v) is 16.3. The van der Waals surface area contributed by atoms with E-state index in [4.69, 9.17) is 4.74 Å². The maximum absolute atomic E-state index is 12.7. The number of anilines is 1. The first kappa shape index (κ1) is 19.8. The molecule has 0 aliphatic carbocycles. The number of carbonyl (C=O) groups is 2. The van der Waals surface area contributed by atoms with Crippen LogP contribution in [0.5, 0.6) is 5.75 Å². The molecule has 0 bridgehead atoms. The molecule has 2 aliphatic heterocycles. The van der Waals surface area contributed by atoms with Crippen molar-refractivity contribution in [1.29, 1.82) is 0 Å². The van der Waals surface area contributed by atoms with Crippen molar-refractivity contribution in [2.24, 2.45) is 0 Å². The number of amides is 2. The average Bonchev–Trinajstić information content (AvgIpc) is 2.96. The van der Waals surface area contributed by atoms with Crippen LogP contribution in [0.1, 0.15) is 19.8 Å². The number of benzene rings is 1. The third-order valence-electron chi connectivity index (χ3n) is 5.13. The van der Waals surface area contributed by atoms with Gasteiger partial charge in [0, 0.05) is 39.3 Å². The first-order valence-electron chi connectivity index (χ1n) is 9.82. The van der Waals surface area contributed by atoms with Crippen LogP contribution in [0, 0.1) is 0 Å². The van der Waals surface area contributed by atoms with Crippen LogP contribution in [-0.4, -0.2) is 80.6 Å². The van der Waals surface area contributed by atoms with Crippen molar-refractivity contribution in [2.45, 2.75) is 25.8 Å². The standard InChI is InChI=1S/C20H30N4O3/c1-3-14-27-17-6-4-16(5-7-17)24-19(25)15-18(20(24)26)21-8-9-23-12-10-22(2)11-13-23/h4-7,18,21H,3,8-15H2,1-2H3/t18-/m1/s1. The van der Waals surface area contributed by atoms with Crippen LogP contribution in [0.3, 0.4) is 0 Å². The van der Waals surface area contributed by atoms with Gasteiger partial charge in [0.25, 0.3) is 5.91 Å². The molecule has 7 nitrogen and oxygen atoms in total. The van der Waals surface area contributed by atoms with E-state index in [0.29, 0.717) is 18.8 Å². The summed E-state index contributed by atoms with van der Waals surface area (Å²) in [4.78, 5) is 31.1. The highest BCUT2D eigenvalue weighted by atomic mass is 16.5. The fourth-order valence-electron chi connectivity index (χ4n) is 3.44. The molecule has 0 radical (unpaired) electrons. The van der Waals surface area contributed by atoms with E-state index in [1.54, 1.807) is 24.3 Å². The second-order valence-corrected chi connectivity index (χ2v) is 7.27. The molecule has 0 saturated carbocycles. The lowest BCUT2D eigenvalue weighted by atomic mass is 10.2. The first-order valence-corrected chi connectivity index (χ1v) is 9.82. The largest absolute Gasteiger partial charge is 0.494 e. The number of piperazine rings is 1. The van der Waals surface area contributed by atoms with E-state index in [1.165, 1.54) is 4.90 Å². The van der Waals surface area contributed by atoms with Gasteiger partial charge < -0.3 is 15.0 Å². The van der Waals surface area contributed by atoms with Gasteiger partial charge >= 0.3 is 0 Å². The minimum Gasteiger partial charge on any atom is -0.494 e. The molecule has 1 aromatic carbocycles. The molecule has 27 heavy (non-hydrogen) atoms. The topological polar surface area (TPSA) is 65.1 Å².